The van der Waals surface area contributed by atoms with Crippen molar-refractivity contribution >= 4 is 17.5 Å². The number of carbonyl (C=O) groups is 1. The summed E-state index contributed by atoms with van der Waals surface area (Å²) in [6, 6.07) is 17.8. The number of piperidine rings is 1. The van der Waals surface area contributed by atoms with Gasteiger partial charge in [-0.15, -0.1) is 0 Å². The molecule has 1 aromatic heterocycles. The second-order valence-electron chi connectivity index (χ2n) is 7.95. The van der Waals surface area contributed by atoms with Gasteiger partial charge in [-0.3, -0.25) is 9.69 Å². The molecule has 0 spiro atoms. The molecule has 0 radical (unpaired) electrons. The van der Waals surface area contributed by atoms with Gasteiger partial charge in [-0.25, -0.2) is 0 Å². The van der Waals surface area contributed by atoms with Crippen molar-refractivity contribution in [2.45, 2.75) is 32.2 Å². The molecule has 0 saturated carbocycles. The molecule has 1 amide bonds. The van der Waals surface area contributed by atoms with Crippen molar-refractivity contribution < 1.29 is 9.32 Å². The van der Waals surface area contributed by atoms with Crippen molar-refractivity contribution in [3.8, 4) is 11.4 Å². The third-order valence-electron chi connectivity index (χ3n) is 5.60. The summed E-state index contributed by atoms with van der Waals surface area (Å²) in [5.74, 6) is 1.17. The molecule has 1 atom stereocenters. The highest BCUT2D eigenvalue weighted by atomic mass is 35.5. The summed E-state index contributed by atoms with van der Waals surface area (Å²) in [5, 5.41) is 7.77. The Balaban J connectivity index is 1.25. The molecule has 162 valence electrons. The van der Waals surface area contributed by atoms with Gasteiger partial charge in [-0.05, 0) is 49.9 Å². The van der Waals surface area contributed by atoms with E-state index in [1.165, 1.54) is 5.56 Å². The molecule has 3 aromatic rings. The summed E-state index contributed by atoms with van der Waals surface area (Å²) < 4.78 is 5.43. The molecule has 2 aromatic carbocycles. The van der Waals surface area contributed by atoms with E-state index in [1.807, 2.05) is 36.4 Å². The fourth-order valence-electron chi connectivity index (χ4n) is 3.97. The highest BCUT2D eigenvalue weighted by Crippen LogP contribution is 2.25. The third-order valence-corrected chi connectivity index (χ3v) is 5.93. The normalized spacial score (nSPS) is 16.9. The minimum absolute atomic E-state index is 0.00330. The molecule has 0 bridgehead atoms. The molecule has 0 aliphatic carbocycles. The third kappa shape index (κ3) is 5.93. The highest BCUT2D eigenvalue weighted by Gasteiger charge is 2.26. The number of halogens is 1. The number of aromatic nitrogens is 2. The van der Waals surface area contributed by atoms with Crippen LogP contribution in [-0.4, -0.2) is 40.6 Å². The quantitative estimate of drug-likeness (QED) is 0.529. The Morgan fingerprint density at radius 2 is 1.97 bits per heavy atom. The SMILES string of the molecule is O=C(NCCCc1ccccc1)C1CCCN(Cc2nc(-c3ccccc3Cl)no2)C1. The Hall–Kier alpha value is -2.70. The van der Waals surface area contributed by atoms with E-state index >= 15 is 0 Å². The molecule has 6 nitrogen and oxygen atoms in total. The van der Waals surface area contributed by atoms with Crippen LogP contribution < -0.4 is 5.32 Å². The molecule has 7 heteroatoms. The van der Waals surface area contributed by atoms with Gasteiger partial charge >= 0.3 is 0 Å². The van der Waals surface area contributed by atoms with Crippen LogP contribution in [-0.2, 0) is 17.8 Å². The van der Waals surface area contributed by atoms with E-state index in [1.54, 1.807) is 6.07 Å². The first-order chi connectivity index (χ1) is 15.2. The lowest BCUT2D eigenvalue weighted by Gasteiger charge is -2.30. The van der Waals surface area contributed by atoms with Crippen LogP contribution in [0.25, 0.3) is 11.4 Å². The van der Waals surface area contributed by atoms with Crippen molar-refractivity contribution in [2.24, 2.45) is 5.92 Å². The standard InChI is InChI=1S/C24H27ClN4O2/c25-21-13-5-4-12-20(21)23-27-22(31-28-23)17-29-15-7-11-19(16-29)24(30)26-14-6-10-18-8-2-1-3-9-18/h1-5,8-9,12-13,19H,6-7,10-11,14-17H2,(H,26,30). The zero-order chi connectivity index (χ0) is 21.5. The molecule has 4 rings (SSSR count). The molecule has 1 aliphatic rings. The Morgan fingerprint density at radius 3 is 2.81 bits per heavy atom. The van der Waals surface area contributed by atoms with Crippen molar-refractivity contribution in [2.75, 3.05) is 19.6 Å². The van der Waals surface area contributed by atoms with Crippen molar-refractivity contribution in [3.63, 3.8) is 0 Å². The Bertz CT molecular complexity index is 992. The predicted molar refractivity (Wildman–Crippen MR) is 121 cm³/mol. The van der Waals surface area contributed by atoms with Crippen LogP contribution >= 0.6 is 11.6 Å². The van der Waals surface area contributed by atoms with Crippen LogP contribution in [0.15, 0.2) is 59.1 Å². The van der Waals surface area contributed by atoms with Crippen LogP contribution in [0.1, 0.15) is 30.7 Å². The number of likely N-dealkylation sites (tertiary alicyclic amines) is 1. The molecule has 1 aliphatic heterocycles. The maximum absolute atomic E-state index is 12.6. The fraction of sp³-hybridized carbons (Fsp3) is 0.375. The van der Waals surface area contributed by atoms with E-state index < -0.39 is 0 Å². The maximum Gasteiger partial charge on any atom is 0.241 e. The second-order valence-corrected chi connectivity index (χ2v) is 8.35. The van der Waals surface area contributed by atoms with Gasteiger partial charge in [-0.1, -0.05) is 59.2 Å². The van der Waals surface area contributed by atoms with E-state index in [2.05, 4.69) is 32.5 Å². The van der Waals surface area contributed by atoms with E-state index in [-0.39, 0.29) is 11.8 Å². The van der Waals surface area contributed by atoms with Gasteiger partial charge < -0.3 is 9.84 Å². The van der Waals surface area contributed by atoms with E-state index in [9.17, 15) is 4.79 Å². The highest BCUT2D eigenvalue weighted by molar-refractivity contribution is 6.33. The van der Waals surface area contributed by atoms with E-state index in [0.29, 0.717) is 36.4 Å². The van der Waals surface area contributed by atoms with E-state index in [4.69, 9.17) is 16.1 Å². The summed E-state index contributed by atoms with van der Waals surface area (Å²) in [7, 11) is 0. The predicted octanol–water partition coefficient (Wildman–Crippen LogP) is 4.35. The van der Waals surface area contributed by atoms with Crippen LogP contribution in [0.4, 0.5) is 0 Å². The summed E-state index contributed by atoms with van der Waals surface area (Å²) in [6.45, 7) is 2.86. The maximum atomic E-state index is 12.6. The average molecular weight is 439 g/mol. The molecule has 1 fully saturated rings. The molecular formula is C24H27ClN4O2. The average Bonchev–Trinajstić information content (AvgIpc) is 3.26. The number of rotatable bonds is 8. The van der Waals surface area contributed by atoms with Crippen molar-refractivity contribution in [1.29, 1.82) is 0 Å². The van der Waals surface area contributed by atoms with Crippen molar-refractivity contribution in [1.82, 2.24) is 20.4 Å². The van der Waals surface area contributed by atoms with Crippen LogP contribution in [0.5, 0.6) is 0 Å². The topological polar surface area (TPSA) is 71.3 Å². The summed E-state index contributed by atoms with van der Waals surface area (Å²) in [5.41, 5.74) is 2.06. The minimum Gasteiger partial charge on any atom is -0.356 e. The van der Waals surface area contributed by atoms with Gasteiger partial charge in [0.15, 0.2) is 0 Å². The largest absolute Gasteiger partial charge is 0.356 e. The lowest BCUT2D eigenvalue weighted by molar-refractivity contribution is -0.126. The number of nitrogens with zero attached hydrogens (tertiary/aromatic N) is 3. The number of nitrogens with one attached hydrogen (secondary N) is 1. The molecule has 2 heterocycles. The molecule has 1 unspecified atom stereocenters. The van der Waals surface area contributed by atoms with Crippen LogP contribution in [0, 0.1) is 5.92 Å². The first-order valence-corrected chi connectivity index (χ1v) is 11.2. The summed E-state index contributed by atoms with van der Waals surface area (Å²) in [4.78, 5) is 19.3. The van der Waals surface area contributed by atoms with Gasteiger partial charge in [0.05, 0.1) is 17.5 Å². The van der Waals surface area contributed by atoms with Gasteiger partial charge in [0, 0.05) is 18.7 Å². The lowest BCUT2D eigenvalue weighted by Crippen LogP contribution is -2.43. The van der Waals surface area contributed by atoms with Crippen LogP contribution in [0.2, 0.25) is 5.02 Å². The smallest absolute Gasteiger partial charge is 0.241 e. The number of aryl methyl sites for hydroxylation is 1. The van der Waals surface area contributed by atoms with Crippen molar-refractivity contribution in [3.05, 3.63) is 71.1 Å². The number of benzene rings is 2. The summed E-state index contributed by atoms with van der Waals surface area (Å²) in [6.07, 6.45) is 3.81. The first kappa shape index (κ1) is 21.5. The molecule has 1 N–H and O–H groups in total. The number of hydrogen-bond acceptors (Lipinski definition) is 5. The Labute approximate surface area is 187 Å². The molecule has 1 saturated heterocycles. The van der Waals surface area contributed by atoms with Gasteiger partial charge in [0.25, 0.3) is 0 Å². The number of amides is 1. The van der Waals surface area contributed by atoms with E-state index in [0.717, 1.165) is 37.8 Å². The second kappa shape index (κ2) is 10.6. The number of carbonyl (C=O) groups excluding carboxylic acids is 1. The first-order valence-electron chi connectivity index (χ1n) is 10.8. The fourth-order valence-corrected chi connectivity index (χ4v) is 4.19. The Kier molecular flexibility index (Phi) is 7.33. The molecular weight excluding hydrogens is 412 g/mol. The summed E-state index contributed by atoms with van der Waals surface area (Å²) >= 11 is 6.22. The van der Waals surface area contributed by atoms with Gasteiger partial charge in [0.2, 0.25) is 17.6 Å². The zero-order valence-corrected chi connectivity index (χ0v) is 18.2. The van der Waals surface area contributed by atoms with Crippen LogP contribution in [0.3, 0.4) is 0 Å². The zero-order valence-electron chi connectivity index (χ0n) is 17.5. The molecule has 31 heavy (non-hydrogen) atoms. The minimum atomic E-state index is -0.00330. The van der Waals surface area contributed by atoms with Gasteiger partial charge in [0.1, 0.15) is 0 Å². The number of hydrogen-bond donors (Lipinski definition) is 1. The monoisotopic (exact) mass is 438 g/mol. The lowest BCUT2D eigenvalue weighted by atomic mass is 9.97. The Morgan fingerprint density at radius 1 is 1.16 bits per heavy atom. The van der Waals surface area contributed by atoms with Gasteiger partial charge in [-0.2, -0.15) is 4.98 Å².